The highest BCUT2D eigenvalue weighted by Gasteiger charge is 2.16. The molecule has 0 unspecified atom stereocenters. The van der Waals surface area contributed by atoms with E-state index >= 15 is 0 Å². The molecule has 0 amide bonds. The highest BCUT2D eigenvalue weighted by atomic mass is 16.7. The van der Waals surface area contributed by atoms with Gasteiger partial charge >= 0.3 is 6.16 Å². The average molecular weight is 145 g/mol. The van der Waals surface area contributed by atoms with Crippen LogP contribution in [0.15, 0.2) is 0 Å². The monoisotopic (exact) mass is 145 g/mol. The summed E-state index contributed by atoms with van der Waals surface area (Å²) in [5, 5.41) is 11.2. The van der Waals surface area contributed by atoms with Crippen molar-refractivity contribution < 1.29 is 14.6 Å². The highest BCUT2D eigenvalue weighted by molar-refractivity contribution is 5.56. The molecular formula is C6H11NO3. The predicted octanol–water partition coefficient (Wildman–Crippen LogP) is 0.291. The maximum atomic E-state index is 9.85. The van der Waals surface area contributed by atoms with Crippen molar-refractivity contribution in [3.05, 3.63) is 0 Å². The molecule has 0 atom stereocenters. The smallest absolute Gasteiger partial charge is 0.450 e. The van der Waals surface area contributed by atoms with Gasteiger partial charge < -0.3 is 15.2 Å². The normalized spacial score (nSPS) is 18.0. The first kappa shape index (κ1) is 7.34. The Bertz CT molecular complexity index is 122. The van der Waals surface area contributed by atoms with E-state index in [1.807, 2.05) is 0 Å². The van der Waals surface area contributed by atoms with Crippen LogP contribution in [0.2, 0.25) is 0 Å². The summed E-state index contributed by atoms with van der Waals surface area (Å²) in [4.78, 5) is 9.85. The molecule has 1 rings (SSSR count). The lowest BCUT2D eigenvalue weighted by Gasteiger charge is -2.26. The van der Waals surface area contributed by atoms with Gasteiger partial charge in [0.05, 0.1) is 6.61 Å². The van der Waals surface area contributed by atoms with Gasteiger partial charge in [0.2, 0.25) is 0 Å². The summed E-state index contributed by atoms with van der Waals surface area (Å²) in [5.74, 6) is 0.624. The largest absolute Gasteiger partial charge is 0.505 e. The highest BCUT2D eigenvalue weighted by Crippen LogP contribution is 2.07. The van der Waals surface area contributed by atoms with Crippen LogP contribution in [0.4, 0.5) is 4.79 Å². The van der Waals surface area contributed by atoms with Gasteiger partial charge in [-0.05, 0) is 25.4 Å². The topological polar surface area (TPSA) is 58.6 Å². The fourth-order valence-electron chi connectivity index (χ4n) is 0.865. The van der Waals surface area contributed by atoms with Crippen molar-refractivity contribution in [2.24, 2.45) is 5.92 Å². The number of carboxylic acid groups (broad SMARTS) is 1. The summed E-state index contributed by atoms with van der Waals surface area (Å²) in [7, 11) is 0. The first-order valence-electron chi connectivity index (χ1n) is 3.35. The SMILES string of the molecule is O=C(O)OCCC1CNC1. The Labute approximate surface area is 59.2 Å². The van der Waals surface area contributed by atoms with Gasteiger partial charge in [-0.3, -0.25) is 0 Å². The molecule has 58 valence electrons. The fourth-order valence-corrected chi connectivity index (χ4v) is 0.865. The van der Waals surface area contributed by atoms with Crippen LogP contribution < -0.4 is 5.32 Å². The molecule has 4 nitrogen and oxygen atoms in total. The third-order valence-corrected chi connectivity index (χ3v) is 1.62. The van der Waals surface area contributed by atoms with Crippen molar-refractivity contribution in [1.82, 2.24) is 5.32 Å². The summed E-state index contributed by atoms with van der Waals surface area (Å²) in [5.41, 5.74) is 0. The maximum Gasteiger partial charge on any atom is 0.505 e. The molecule has 0 aliphatic carbocycles. The van der Waals surface area contributed by atoms with Gasteiger partial charge in [0.1, 0.15) is 0 Å². The lowest BCUT2D eigenvalue weighted by Crippen LogP contribution is -2.42. The van der Waals surface area contributed by atoms with Gasteiger partial charge in [-0.1, -0.05) is 0 Å². The van der Waals surface area contributed by atoms with Gasteiger partial charge in [0, 0.05) is 0 Å². The predicted molar refractivity (Wildman–Crippen MR) is 35.0 cm³/mol. The Morgan fingerprint density at radius 3 is 2.80 bits per heavy atom. The number of hydrogen-bond acceptors (Lipinski definition) is 3. The lowest BCUT2D eigenvalue weighted by atomic mass is 10.0. The van der Waals surface area contributed by atoms with Crippen LogP contribution in [0, 0.1) is 5.92 Å². The van der Waals surface area contributed by atoms with E-state index in [-0.39, 0.29) is 0 Å². The molecule has 0 radical (unpaired) electrons. The molecule has 0 saturated carbocycles. The Morgan fingerprint density at radius 2 is 2.40 bits per heavy atom. The van der Waals surface area contributed by atoms with E-state index in [1.165, 1.54) is 0 Å². The van der Waals surface area contributed by atoms with E-state index in [2.05, 4.69) is 10.1 Å². The van der Waals surface area contributed by atoms with Gasteiger partial charge in [-0.2, -0.15) is 0 Å². The summed E-state index contributed by atoms with van der Waals surface area (Å²) in [6, 6.07) is 0. The zero-order valence-corrected chi connectivity index (χ0v) is 5.67. The third-order valence-electron chi connectivity index (χ3n) is 1.62. The molecule has 2 N–H and O–H groups in total. The summed E-state index contributed by atoms with van der Waals surface area (Å²) >= 11 is 0. The van der Waals surface area contributed by atoms with Crippen molar-refractivity contribution in [2.45, 2.75) is 6.42 Å². The Balaban J connectivity index is 1.89. The van der Waals surface area contributed by atoms with Gasteiger partial charge in [-0.25, -0.2) is 4.79 Å². The van der Waals surface area contributed by atoms with Crippen LogP contribution in [-0.2, 0) is 4.74 Å². The number of carbonyl (C=O) groups is 1. The Kier molecular flexibility index (Phi) is 2.50. The van der Waals surface area contributed by atoms with Crippen molar-refractivity contribution in [3.63, 3.8) is 0 Å². The Hall–Kier alpha value is -0.770. The second kappa shape index (κ2) is 3.41. The fraction of sp³-hybridized carbons (Fsp3) is 0.833. The molecule has 1 aliphatic heterocycles. The van der Waals surface area contributed by atoms with Gasteiger partial charge in [0.25, 0.3) is 0 Å². The van der Waals surface area contributed by atoms with Gasteiger partial charge in [0.15, 0.2) is 0 Å². The maximum absolute atomic E-state index is 9.85. The zero-order valence-electron chi connectivity index (χ0n) is 5.67. The first-order valence-corrected chi connectivity index (χ1v) is 3.35. The lowest BCUT2D eigenvalue weighted by molar-refractivity contribution is 0.0831. The minimum atomic E-state index is -1.17. The minimum Gasteiger partial charge on any atom is -0.450 e. The standard InChI is InChI=1S/C6H11NO3/c8-6(9)10-2-1-5-3-7-4-5/h5,7H,1-4H2,(H,8,9). The van der Waals surface area contributed by atoms with Gasteiger partial charge in [-0.15, -0.1) is 0 Å². The molecule has 0 aromatic carbocycles. The zero-order chi connectivity index (χ0) is 7.40. The Morgan fingerprint density at radius 1 is 1.70 bits per heavy atom. The number of rotatable bonds is 3. The van der Waals surface area contributed by atoms with Crippen molar-refractivity contribution in [3.8, 4) is 0 Å². The molecule has 1 heterocycles. The van der Waals surface area contributed by atoms with E-state index < -0.39 is 6.16 Å². The molecular weight excluding hydrogens is 134 g/mol. The average Bonchev–Trinajstić information content (AvgIpc) is 1.75. The van der Waals surface area contributed by atoms with Crippen molar-refractivity contribution in [1.29, 1.82) is 0 Å². The number of ether oxygens (including phenoxy) is 1. The molecule has 1 fully saturated rings. The molecule has 1 saturated heterocycles. The number of nitrogens with one attached hydrogen (secondary N) is 1. The van der Waals surface area contributed by atoms with E-state index in [0.717, 1.165) is 19.5 Å². The first-order chi connectivity index (χ1) is 4.79. The summed E-state index contributed by atoms with van der Waals surface area (Å²) in [6.07, 6.45) is -0.327. The molecule has 0 aromatic rings. The second-order valence-electron chi connectivity index (χ2n) is 2.43. The molecule has 1 aliphatic rings. The molecule has 4 heteroatoms. The summed E-state index contributed by atoms with van der Waals surface area (Å²) in [6.45, 7) is 2.34. The molecule has 0 spiro atoms. The number of hydrogen-bond donors (Lipinski definition) is 2. The van der Waals surface area contributed by atoms with Crippen LogP contribution in [0.25, 0.3) is 0 Å². The van der Waals surface area contributed by atoms with Crippen LogP contribution in [-0.4, -0.2) is 31.0 Å². The molecule has 10 heavy (non-hydrogen) atoms. The second-order valence-corrected chi connectivity index (χ2v) is 2.43. The quantitative estimate of drug-likeness (QED) is 0.560. The summed E-state index contributed by atoms with van der Waals surface area (Å²) < 4.78 is 4.34. The van der Waals surface area contributed by atoms with Crippen LogP contribution in [0.5, 0.6) is 0 Å². The van der Waals surface area contributed by atoms with Crippen LogP contribution in [0.3, 0.4) is 0 Å². The van der Waals surface area contributed by atoms with Crippen molar-refractivity contribution in [2.75, 3.05) is 19.7 Å². The third kappa shape index (κ3) is 2.23. The molecule has 0 aromatic heterocycles. The van der Waals surface area contributed by atoms with Crippen LogP contribution in [0.1, 0.15) is 6.42 Å². The van der Waals surface area contributed by atoms with Crippen LogP contribution >= 0.6 is 0 Å². The van der Waals surface area contributed by atoms with Crippen molar-refractivity contribution >= 4 is 6.16 Å². The van der Waals surface area contributed by atoms with E-state index in [0.29, 0.717) is 12.5 Å². The minimum absolute atomic E-state index is 0.335. The van der Waals surface area contributed by atoms with E-state index in [9.17, 15) is 4.79 Å². The molecule has 0 bridgehead atoms. The van der Waals surface area contributed by atoms with E-state index in [4.69, 9.17) is 5.11 Å². The van der Waals surface area contributed by atoms with E-state index in [1.54, 1.807) is 0 Å².